The van der Waals surface area contributed by atoms with Gasteiger partial charge in [-0.15, -0.1) is 0 Å². The predicted octanol–water partition coefficient (Wildman–Crippen LogP) is 4.58. The molecule has 1 amide bonds. The van der Waals surface area contributed by atoms with Gasteiger partial charge in [-0.3, -0.25) is 4.90 Å². The molecule has 1 aliphatic heterocycles. The van der Waals surface area contributed by atoms with Gasteiger partial charge < -0.3 is 14.6 Å². The number of hydrogen-bond donors (Lipinski definition) is 1. The number of carboxylic acid groups (broad SMARTS) is 1. The maximum absolute atomic E-state index is 12.6. The SMILES string of the molecule is CC(C)(C)OC(=O)N1C[C@@H]2CC[C@H](Oc3cc(Br)ccc3C#N)C[C@H]2C[C@H]1C(=O)O. The first kappa shape index (κ1) is 22.4. The summed E-state index contributed by atoms with van der Waals surface area (Å²) in [5.41, 5.74) is -0.200. The number of nitriles is 1. The van der Waals surface area contributed by atoms with Gasteiger partial charge in [-0.2, -0.15) is 5.26 Å². The van der Waals surface area contributed by atoms with Gasteiger partial charge in [0.15, 0.2) is 0 Å². The molecule has 0 unspecified atom stereocenters. The number of likely N-dealkylation sites (tertiary alicyclic amines) is 1. The van der Waals surface area contributed by atoms with Gasteiger partial charge in [0.25, 0.3) is 0 Å². The normalized spacial score (nSPS) is 26.3. The van der Waals surface area contributed by atoms with Gasteiger partial charge in [-0.05, 0) is 76.5 Å². The van der Waals surface area contributed by atoms with E-state index in [1.54, 1.807) is 39.0 Å². The number of aliphatic carboxylic acids is 1. The number of benzene rings is 1. The Morgan fingerprint density at radius 1 is 1.23 bits per heavy atom. The second kappa shape index (κ2) is 8.84. The molecule has 1 N–H and O–H groups in total. The Morgan fingerprint density at radius 3 is 2.60 bits per heavy atom. The van der Waals surface area contributed by atoms with Crippen LogP contribution in [0.15, 0.2) is 22.7 Å². The third-order valence-electron chi connectivity index (χ3n) is 5.70. The van der Waals surface area contributed by atoms with E-state index in [4.69, 9.17) is 9.47 Å². The first-order chi connectivity index (χ1) is 14.1. The second-order valence-corrected chi connectivity index (χ2v) is 9.96. The van der Waals surface area contributed by atoms with Crippen molar-refractivity contribution in [3.63, 3.8) is 0 Å². The highest BCUT2D eigenvalue weighted by Gasteiger charge is 2.45. The van der Waals surface area contributed by atoms with Gasteiger partial charge >= 0.3 is 12.1 Å². The lowest BCUT2D eigenvalue weighted by atomic mass is 9.72. The van der Waals surface area contributed by atoms with Gasteiger partial charge in [0.2, 0.25) is 0 Å². The van der Waals surface area contributed by atoms with Crippen molar-refractivity contribution >= 4 is 28.0 Å². The lowest BCUT2D eigenvalue weighted by Gasteiger charge is -2.46. The summed E-state index contributed by atoms with van der Waals surface area (Å²) in [5.74, 6) is -0.121. The highest BCUT2D eigenvalue weighted by molar-refractivity contribution is 9.10. The van der Waals surface area contributed by atoms with Crippen molar-refractivity contribution in [3.05, 3.63) is 28.2 Å². The summed E-state index contributed by atoms with van der Waals surface area (Å²) in [6.45, 7) is 5.69. The molecule has 0 bridgehead atoms. The van der Waals surface area contributed by atoms with Crippen molar-refractivity contribution in [2.45, 2.75) is 64.2 Å². The van der Waals surface area contributed by atoms with Crippen LogP contribution in [-0.2, 0) is 9.53 Å². The average Bonchev–Trinajstić information content (AvgIpc) is 2.65. The van der Waals surface area contributed by atoms with Crippen molar-refractivity contribution in [2.24, 2.45) is 11.8 Å². The maximum atomic E-state index is 12.6. The third-order valence-corrected chi connectivity index (χ3v) is 6.19. The number of carboxylic acids is 1. The highest BCUT2D eigenvalue weighted by atomic mass is 79.9. The van der Waals surface area contributed by atoms with Crippen LogP contribution >= 0.6 is 15.9 Å². The number of halogens is 1. The van der Waals surface area contributed by atoms with Crippen LogP contribution in [0.25, 0.3) is 0 Å². The Balaban J connectivity index is 1.70. The van der Waals surface area contributed by atoms with Crippen LogP contribution in [0.1, 0.15) is 52.0 Å². The number of carbonyl (C=O) groups excluding carboxylic acids is 1. The molecular formula is C22H27BrN2O5. The zero-order chi connectivity index (χ0) is 22.1. The number of hydrogen-bond acceptors (Lipinski definition) is 5. The Morgan fingerprint density at radius 2 is 1.97 bits per heavy atom. The maximum Gasteiger partial charge on any atom is 0.411 e. The molecule has 2 aliphatic rings. The molecule has 1 aromatic carbocycles. The molecule has 1 saturated carbocycles. The van der Waals surface area contributed by atoms with E-state index >= 15 is 0 Å². The molecule has 1 heterocycles. The number of amides is 1. The van der Waals surface area contributed by atoms with Crippen LogP contribution in [0.4, 0.5) is 4.79 Å². The lowest BCUT2D eigenvalue weighted by molar-refractivity contribution is -0.147. The van der Waals surface area contributed by atoms with Crippen molar-refractivity contribution < 1.29 is 24.2 Å². The third kappa shape index (κ3) is 5.25. The summed E-state index contributed by atoms with van der Waals surface area (Å²) < 4.78 is 12.4. The second-order valence-electron chi connectivity index (χ2n) is 9.05. The molecule has 2 fully saturated rings. The van der Waals surface area contributed by atoms with E-state index in [1.165, 1.54) is 4.90 Å². The molecule has 162 valence electrons. The molecular weight excluding hydrogens is 452 g/mol. The Bertz CT molecular complexity index is 860. The number of piperidine rings is 1. The molecule has 7 nitrogen and oxygen atoms in total. The van der Waals surface area contributed by atoms with Gasteiger partial charge in [0.1, 0.15) is 23.5 Å². The minimum absolute atomic E-state index is 0.0878. The van der Waals surface area contributed by atoms with Crippen molar-refractivity contribution in [1.82, 2.24) is 4.90 Å². The summed E-state index contributed by atoms with van der Waals surface area (Å²) >= 11 is 3.41. The molecule has 8 heteroatoms. The minimum Gasteiger partial charge on any atom is -0.489 e. The van der Waals surface area contributed by atoms with Crippen molar-refractivity contribution in [2.75, 3.05) is 6.54 Å². The quantitative estimate of drug-likeness (QED) is 0.682. The number of rotatable bonds is 3. The van der Waals surface area contributed by atoms with E-state index in [9.17, 15) is 20.0 Å². The first-order valence-electron chi connectivity index (χ1n) is 10.2. The molecule has 1 saturated heterocycles. The number of carbonyl (C=O) groups is 2. The minimum atomic E-state index is -1.01. The standard InChI is InChI=1S/C22H27BrN2O5/c1-22(2,3)30-21(28)25-12-14-5-7-17(8-15(14)9-18(25)20(26)27)29-19-10-16(23)6-4-13(19)11-24/h4,6,10,14-15,17-18H,5,7-9,12H2,1-3H3,(H,26,27)/t14-,15-,17-,18-/m0/s1. The van der Waals surface area contributed by atoms with Crippen molar-refractivity contribution in [1.29, 1.82) is 5.26 Å². The average molecular weight is 479 g/mol. The zero-order valence-electron chi connectivity index (χ0n) is 17.4. The lowest BCUT2D eigenvalue weighted by Crippen LogP contribution is -2.56. The predicted molar refractivity (Wildman–Crippen MR) is 113 cm³/mol. The number of fused-ring (bicyclic) bond motifs is 1. The molecule has 1 aliphatic carbocycles. The molecule has 4 atom stereocenters. The van der Waals surface area contributed by atoms with E-state index in [1.807, 2.05) is 0 Å². The summed E-state index contributed by atoms with van der Waals surface area (Å²) in [4.78, 5) is 25.8. The largest absolute Gasteiger partial charge is 0.489 e. The van der Waals surface area contributed by atoms with Gasteiger partial charge in [0.05, 0.1) is 11.7 Å². The Labute approximate surface area is 185 Å². The summed E-state index contributed by atoms with van der Waals surface area (Å²) in [6, 6.07) is 6.54. The Hall–Kier alpha value is -2.27. The van der Waals surface area contributed by atoms with Crippen LogP contribution in [0.5, 0.6) is 5.75 Å². The van der Waals surface area contributed by atoms with Crippen LogP contribution in [0, 0.1) is 23.2 Å². The van der Waals surface area contributed by atoms with Crippen molar-refractivity contribution in [3.8, 4) is 11.8 Å². The molecule has 0 spiro atoms. The highest BCUT2D eigenvalue weighted by Crippen LogP contribution is 2.41. The number of nitrogens with zero attached hydrogens (tertiary/aromatic N) is 2. The van der Waals surface area contributed by atoms with E-state index in [-0.39, 0.29) is 17.9 Å². The Kier molecular flexibility index (Phi) is 6.61. The van der Waals surface area contributed by atoms with Gasteiger partial charge in [0, 0.05) is 11.0 Å². The van der Waals surface area contributed by atoms with Crippen LogP contribution in [-0.4, -0.2) is 46.4 Å². The monoisotopic (exact) mass is 478 g/mol. The topological polar surface area (TPSA) is 99.9 Å². The van der Waals surface area contributed by atoms with Crippen LogP contribution in [0.2, 0.25) is 0 Å². The fourth-order valence-corrected chi connectivity index (χ4v) is 4.68. The fraction of sp³-hybridized carbons (Fsp3) is 0.591. The van der Waals surface area contributed by atoms with E-state index in [0.717, 1.165) is 17.3 Å². The summed E-state index contributed by atoms with van der Waals surface area (Å²) in [5, 5.41) is 19.0. The van der Waals surface area contributed by atoms with Gasteiger partial charge in [-0.1, -0.05) is 15.9 Å². The van der Waals surface area contributed by atoms with E-state index < -0.39 is 23.7 Å². The molecule has 30 heavy (non-hydrogen) atoms. The molecule has 3 rings (SSSR count). The number of ether oxygens (including phenoxy) is 2. The van der Waals surface area contributed by atoms with Crippen LogP contribution < -0.4 is 4.74 Å². The molecule has 0 aromatic heterocycles. The fourth-order valence-electron chi connectivity index (χ4n) is 4.34. The summed E-state index contributed by atoms with van der Waals surface area (Å²) in [6.07, 6.45) is 2.04. The molecule has 1 aromatic rings. The first-order valence-corrected chi connectivity index (χ1v) is 11.0. The van der Waals surface area contributed by atoms with Crippen LogP contribution in [0.3, 0.4) is 0 Å². The van der Waals surface area contributed by atoms with Gasteiger partial charge in [-0.25, -0.2) is 9.59 Å². The smallest absolute Gasteiger partial charge is 0.411 e. The van der Waals surface area contributed by atoms with E-state index in [0.29, 0.717) is 30.7 Å². The zero-order valence-corrected chi connectivity index (χ0v) is 19.0. The van der Waals surface area contributed by atoms with E-state index in [2.05, 4.69) is 22.0 Å². The summed E-state index contributed by atoms with van der Waals surface area (Å²) in [7, 11) is 0. The molecule has 0 radical (unpaired) electrons.